The number of aromatic amines is 1. The topological polar surface area (TPSA) is 65.6 Å². The molecule has 1 aromatic carbocycles. The molecule has 1 fully saturated rings. The number of aliphatic hydroxyl groups is 1. The molecule has 4 atom stereocenters. The van der Waals surface area contributed by atoms with Gasteiger partial charge in [0.25, 0.3) is 0 Å². The number of nitrogens with zero attached hydrogens (tertiary/aromatic N) is 1. The van der Waals surface area contributed by atoms with Crippen LogP contribution < -0.4 is 0 Å². The van der Waals surface area contributed by atoms with Crippen molar-refractivity contribution >= 4 is 16.9 Å². The summed E-state index contributed by atoms with van der Waals surface area (Å²) >= 11 is 0. The third kappa shape index (κ3) is 2.66. The Kier molecular flexibility index (Phi) is 4.59. The number of carbonyl (C=O) groups excluding carboxylic acids is 1. The van der Waals surface area contributed by atoms with E-state index >= 15 is 0 Å². The first-order valence-corrected chi connectivity index (χ1v) is 9.32. The number of ether oxygens (including phenoxy) is 1. The fourth-order valence-electron chi connectivity index (χ4n) is 4.94. The molecule has 2 aliphatic heterocycles. The number of aromatic nitrogens is 1. The molecule has 0 bridgehead atoms. The van der Waals surface area contributed by atoms with Gasteiger partial charge in [0.15, 0.2) is 0 Å². The molecule has 2 aliphatic rings. The van der Waals surface area contributed by atoms with Gasteiger partial charge in [0.2, 0.25) is 0 Å². The lowest BCUT2D eigenvalue weighted by Crippen LogP contribution is -2.48. The second-order valence-electron chi connectivity index (χ2n) is 7.43. The number of nitrogens with one attached hydrogen (secondary N) is 1. The summed E-state index contributed by atoms with van der Waals surface area (Å²) in [5.74, 6) is -0.623. The predicted octanol–water partition coefficient (Wildman–Crippen LogP) is 2.67. The fraction of sp³-hybridized carbons (Fsp3) is 0.476. The van der Waals surface area contributed by atoms with Crippen molar-refractivity contribution in [2.45, 2.75) is 18.9 Å². The van der Waals surface area contributed by atoms with Gasteiger partial charge < -0.3 is 14.8 Å². The number of H-pyrrole nitrogens is 1. The highest BCUT2D eigenvalue weighted by Crippen LogP contribution is 2.45. The maximum atomic E-state index is 12.2. The molecule has 0 radical (unpaired) electrons. The largest absolute Gasteiger partial charge is 0.469 e. The van der Waals surface area contributed by atoms with Gasteiger partial charge in [-0.1, -0.05) is 24.3 Å². The molecule has 26 heavy (non-hydrogen) atoms. The molecular formula is C21H26N2O3. The summed E-state index contributed by atoms with van der Waals surface area (Å²) in [4.78, 5) is 18.3. The van der Waals surface area contributed by atoms with Gasteiger partial charge in [0, 0.05) is 29.7 Å². The van der Waals surface area contributed by atoms with Crippen LogP contribution in [0.4, 0.5) is 0 Å². The molecule has 2 aromatic rings. The molecule has 0 aliphatic carbocycles. The van der Waals surface area contributed by atoms with Gasteiger partial charge in [-0.15, -0.1) is 6.58 Å². The zero-order valence-corrected chi connectivity index (χ0v) is 15.1. The number of esters is 1. The maximum absolute atomic E-state index is 12.2. The van der Waals surface area contributed by atoms with Crippen LogP contribution >= 0.6 is 0 Å². The van der Waals surface area contributed by atoms with E-state index in [2.05, 4.69) is 40.7 Å². The third-order valence-electron chi connectivity index (χ3n) is 6.28. The first-order chi connectivity index (χ1) is 12.7. The number of para-hydroxylation sites is 1. The van der Waals surface area contributed by atoms with Crippen LogP contribution in [0.15, 0.2) is 36.9 Å². The van der Waals surface area contributed by atoms with Crippen LogP contribution in [0, 0.1) is 17.8 Å². The first kappa shape index (κ1) is 17.3. The second-order valence-corrected chi connectivity index (χ2v) is 7.43. The Hall–Kier alpha value is -2.11. The predicted molar refractivity (Wildman–Crippen MR) is 101 cm³/mol. The number of hydrogen-bond donors (Lipinski definition) is 2. The van der Waals surface area contributed by atoms with Crippen LogP contribution in [0.25, 0.3) is 10.9 Å². The third-order valence-corrected chi connectivity index (χ3v) is 6.28. The zero-order chi connectivity index (χ0) is 18.3. The fourth-order valence-corrected chi connectivity index (χ4v) is 4.94. The Balaban J connectivity index is 1.71. The lowest BCUT2D eigenvalue weighted by atomic mass is 9.72. The van der Waals surface area contributed by atoms with Crippen molar-refractivity contribution in [3.8, 4) is 0 Å². The minimum absolute atomic E-state index is 0.0311. The number of piperidine rings is 1. The highest BCUT2D eigenvalue weighted by Gasteiger charge is 2.43. The summed E-state index contributed by atoms with van der Waals surface area (Å²) in [6.45, 7) is 5.67. The van der Waals surface area contributed by atoms with Crippen molar-refractivity contribution in [3.63, 3.8) is 0 Å². The Morgan fingerprint density at radius 1 is 1.50 bits per heavy atom. The van der Waals surface area contributed by atoms with Gasteiger partial charge in [-0.3, -0.25) is 9.69 Å². The van der Waals surface area contributed by atoms with Gasteiger partial charge in [0.1, 0.15) is 0 Å². The Morgan fingerprint density at radius 2 is 2.31 bits per heavy atom. The smallest absolute Gasteiger partial charge is 0.311 e. The highest BCUT2D eigenvalue weighted by atomic mass is 16.5. The van der Waals surface area contributed by atoms with E-state index in [1.54, 1.807) is 0 Å². The lowest BCUT2D eigenvalue weighted by molar-refractivity contribution is -0.151. The van der Waals surface area contributed by atoms with Crippen molar-refractivity contribution in [2.75, 3.05) is 26.8 Å². The number of hydrogen-bond acceptors (Lipinski definition) is 4. The average Bonchev–Trinajstić information content (AvgIpc) is 3.07. The van der Waals surface area contributed by atoms with E-state index in [4.69, 9.17) is 4.74 Å². The van der Waals surface area contributed by atoms with Crippen molar-refractivity contribution < 1.29 is 14.6 Å². The highest BCUT2D eigenvalue weighted by molar-refractivity contribution is 5.85. The lowest BCUT2D eigenvalue weighted by Gasteiger charge is -2.47. The minimum Gasteiger partial charge on any atom is -0.469 e. The minimum atomic E-state index is -0.500. The van der Waals surface area contributed by atoms with E-state index in [-0.39, 0.29) is 30.5 Å². The van der Waals surface area contributed by atoms with Crippen LogP contribution in [0.5, 0.6) is 0 Å². The summed E-state index contributed by atoms with van der Waals surface area (Å²) in [5, 5.41) is 11.1. The van der Waals surface area contributed by atoms with Gasteiger partial charge in [0.05, 0.1) is 25.7 Å². The molecule has 2 N–H and O–H groups in total. The van der Waals surface area contributed by atoms with Crippen LogP contribution in [-0.4, -0.2) is 47.8 Å². The molecule has 0 amide bonds. The SMILES string of the molecule is C=CC1CN2CCc3c([nH]c4ccccc34)C2CC1C(CO)C(=O)OC. The van der Waals surface area contributed by atoms with Gasteiger partial charge in [-0.2, -0.15) is 0 Å². The quantitative estimate of drug-likeness (QED) is 0.654. The molecule has 4 unspecified atom stereocenters. The molecule has 3 heterocycles. The molecule has 5 nitrogen and oxygen atoms in total. The molecule has 0 spiro atoms. The molecular weight excluding hydrogens is 328 g/mol. The van der Waals surface area contributed by atoms with Gasteiger partial charge in [-0.05, 0) is 36.3 Å². The summed E-state index contributed by atoms with van der Waals surface area (Å²) in [7, 11) is 1.39. The van der Waals surface area contributed by atoms with Crippen molar-refractivity contribution in [1.82, 2.24) is 9.88 Å². The van der Waals surface area contributed by atoms with E-state index in [9.17, 15) is 9.90 Å². The van der Waals surface area contributed by atoms with E-state index < -0.39 is 5.92 Å². The summed E-state index contributed by atoms with van der Waals surface area (Å²) in [6.07, 6.45) is 3.79. The van der Waals surface area contributed by atoms with Crippen LogP contribution in [-0.2, 0) is 16.0 Å². The average molecular weight is 354 g/mol. The van der Waals surface area contributed by atoms with Crippen molar-refractivity contribution in [3.05, 3.63) is 48.2 Å². The van der Waals surface area contributed by atoms with Crippen molar-refractivity contribution in [1.29, 1.82) is 0 Å². The number of methoxy groups -OCH3 is 1. The molecule has 1 aromatic heterocycles. The maximum Gasteiger partial charge on any atom is 0.311 e. The number of carbonyl (C=O) groups is 1. The normalized spacial score (nSPS) is 26.8. The van der Waals surface area contributed by atoms with E-state index in [0.717, 1.165) is 25.9 Å². The molecule has 5 heteroatoms. The summed E-state index contributed by atoms with van der Waals surface area (Å²) < 4.78 is 4.95. The van der Waals surface area contributed by atoms with Gasteiger partial charge >= 0.3 is 5.97 Å². The molecule has 4 rings (SSSR count). The number of benzene rings is 1. The Labute approximate surface area is 153 Å². The second kappa shape index (κ2) is 6.89. The van der Waals surface area contributed by atoms with Crippen LogP contribution in [0.2, 0.25) is 0 Å². The monoisotopic (exact) mass is 354 g/mol. The van der Waals surface area contributed by atoms with E-state index in [0.29, 0.717) is 0 Å². The standard InChI is InChI=1S/C21H26N2O3/c1-3-13-11-23-9-8-15-14-6-4-5-7-18(14)22-20(15)19(23)10-16(13)17(12-24)21(25)26-2/h3-7,13,16-17,19,22,24H,1,8-12H2,2H3. The first-order valence-electron chi connectivity index (χ1n) is 9.32. The molecule has 0 saturated carbocycles. The summed E-state index contributed by atoms with van der Waals surface area (Å²) in [5.41, 5.74) is 3.84. The van der Waals surface area contributed by atoms with Crippen molar-refractivity contribution in [2.24, 2.45) is 17.8 Å². The van der Waals surface area contributed by atoms with Crippen LogP contribution in [0.3, 0.4) is 0 Å². The number of rotatable bonds is 4. The molecule has 1 saturated heterocycles. The Bertz CT molecular complexity index is 828. The molecule has 138 valence electrons. The zero-order valence-electron chi connectivity index (χ0n) is 15.1. The Morgan fingerprint density at radius 3 is 3.04 bits per heavy atom. The van der Waals surface area contributed by atoms with E-state index in [1.165, 1.54) is 29.3 Å². The number of aliphatic hydroxyl groups excluding tert-OH is 1. The van der Waals surface area contributed by atoms with Gasteiger partial charge in [-0.25, -0.2) is 0 Å². The summed E-state index contributed by atoms with van der Waals surface area (Å²) in [6, 6.07) is 8.68. The van der Waals surface area contributed by atoms with Crippen LogP contribution in [0.1, 0.15) is 23.7 Å². The number of fused-ring (bicyclic) bond motifs is 5. The van der Waals surface area contributed by atoms with E-state index in [1.807, 2.05) is 6.08 Å².